The number of hydrogen-bond donors (Lipinski definition) is 1. The third-order valence-corrected chi connectivity index (χ3v) is 4.60. The Kier molecular flexibility index (Phi) is 9.40. The number of rotatable bonds is 8. The van der Waals surface area contributed by atoms with E-state index in [1.807, 2.05) is 0 Å². The fraction of sp³-hybridized carbons (Fsp3) is 0.500. The molecule has 192 valence electrons. The van der Waals surface area contributed by atoms with Crippen LogP contribution in [-0.2, 0) is 47.6 Å². The summed E-state index contributed by atoms with van der Waals surface area (Å²) in [4.78, 5) is 59.2. The van der Waals surface area contributed by atoms with Crippen LogP contribution in [0, 0.1) is 0 Å². The molecule has 0 amide bonds. The quantitative estimate of drug-likeness (QED) is 0.299. The fourth-order valence-corrected chi connectivity index (χ4v) is 3.33. The van der Waals surface area contributed by atoms with E-state index >= 15 is 0 Å². The number of methoxy groups -OCH3 is 1. The second kappa shape index (κ2) is 12.0. The van der Waals surface area contributed by atoms with E-state index < -0.39 is 67.2 Å². The van der Waals surface area contributed by atoms with E-state index in [1.165, 1.54) is 18.2 Å². The van der Waals surface area contributed by atoms with Crippen LogP contribution in [0.25, 0.3) is 0 Å². The van der Waals surface area contributed by atoms with Crippen molar-refractivity contribution >= 4 is 35.5 Å². The van der Waals surface area contributed by atoms with Crippen molar-refractivity contribution in [3.8, 4) is 5.75 Å². The molecule has 1 aromatic carbocycles. The van der Waals surface area contributed by atoms with Gasteiger partial charge in [0, 0.05) is 33.4 Å². The molecule has 0 unspecified atom stereocenters. The molecule has 2 rings (SSSR count). The van der Waals surface area contributed by atoms with E-state index in [4.69, 9.17) is 38.9 Å². The first-order valence-electron chi connectivity index (χ1n) is 10.4. The number of ether oxygens (including phenoxy) is 7. The van der Waals surface area contributed by atoms with Crippen molar-refractivity contribution < 1.29 is 57.1 Å². The van der Waals surface area contributed by atoms with Crippen molar-refractivity contribution in [1.82, 2.24) is 0 Å². The summed E-state index contributed by atoms with van der Waals surface area (Å²) in [5, 5.41) is 0. The molecular weight excluding hydrogens is 470 g/mol. The number of carbonyl (C=O) groups is 5. The minimum absolute atomic E-state index is 0.0630. The van der Waals surface area contributed by atoms with Crippen molar-refractivity contribution in [2.45, 2.75) is 58.4 Å². The first kappa shape index (κ1) is 27.4. The number of anilines is 1. The molecule has 5 atom stereocenters. The van der Waals surface area contributed by atoms with Crippen LogP contribution in [-0.4, -0.2) is 74.3 Å². The van der Waals surface area contributed by atoms with Gasteiger partial charge in [-0.3, -0.25) is 19.2 Å². The molecule has 1 heterocycles. The summed E-state index contributed by atoms with van der Waals surface area (Å²) in [6, 6.07) is 4.09. The molecule has 0 saturated carbocycles. The van der Waals surface area contributed by atoms with Gasteiger partial charge in [-0.05, 0) is 18.2 Å². The Bertz CT molecular complexity index is 977. The van der Waals surface area contributed by atoms with Gasteiger partial charge in [0.25, 0.3) is 0 Å². The Morgan fingerprint density at radius 1 is 0.857 bits per heavy atom. The highest BCUT2D eigenvalue weighted by Crippen LogP contribution is 2.32. The molecule has 1 fully saturated rings. The molecule has 1 aliphatic rings. The lowest BCUT2D eigenvalue weighted by Gasteiger charge is -2.44. The molecule has 0 radical (unpaired) electrons. The van der Waals surface area contributed by atoms with Crippen LogP contribution in [0.1, 0.15) is 38.1 Å². The van der Waals surface area contributed by atoms with Crippen LogP contribution in [0.15, 0.2) is 18.2 Å². The second-order valence-electron chi connectivity index (χ2n) is 7.43. The highest BCUT2D eigenvalue weighted by Gasteiger charge is 2.53. The maximum Gasteiger partial charge on any atom is 0.341 e. The smallest absolute Gasteiger partial charge is 0.341 e. The molecule has 35 heavy (non-hydrogen) atoms. The van der Waals surface area contributed by atoms with E-state index in [2.05, 4.69) is 0 Å². The number of esters is 5. The molecule has 13 nitrogen and oxygen atoms in total. The third kappa shape index (κ3) is 7.57. The van der Waals surface area contributed by atoms with Crippen LogP contribution < -0.4 is 10.5 Å². The molecule has 0 aromatic heterocycles. The molecule has 1 aromatic rings. The van der Waals surface area contributed by atoms with Crippen molar-refractivity contribution in [3.63, 3.8) is 0 Å². The van der Waals surface area contributed by atoms with Gasteiger partial charge in [-0.2, -0.15) is 0 Å². The van der Waals surface area contributed by atoms with Crippen LogP contribution >= 0.6 is 0 Å². The van der Waals surface area contributed by atoms with Gasteiger partial charge in [0.15, 0.2) is 12.2 Å². The molecule has 13 heteroatoms. The number of nitrogen functional groups attached to an aromatic ring is 1. The Balaban J connectivity index is 2.55. The van der Waals surface area contributed by atoms with Crippen LogP contribution in [0.3, 0.4) is 0 Å². The predicted octanol–water partition coefficient (Wildman–Crippen LogP) is 0.517. The van der Waals surface area contributed by atoms with E-state index in [9.17, 15) is 24.0 Å². The average Bonchev–Trinajstić information content (AvgIpc) is 2.76. The van der Waals surface area contributed by atoms with E-state index in [-0.39, 0.29) is 17.0 Å². The van der Waals surface area contributed by atoms with E-state index in [1.54, 1.807) is 0 Å². The molecule has 0 bridgehead atoms. The van der Waals surface area contributed by atoms with Crippen molar-refractivity contribution in [3.05, 3.63) is 23.8 Å². The van der Waals surface area contributed by atoms with E-state index in [0.717, 1.165) is 34.8 Å². The second-order valence-corrected chi connectivity index (χ2v) is 7.43. The summed E-state index contributed by atoms with van der Waals surface area (Å²) in [6.45, 7) is 4.02. The molecule has 0 spiro atoms. The summed E-state index contributed by atoms with van der Waals surface area (Å²) in [7, 11) is 1.16. The Labute approximate surface area is 200 Å². The lowest BCUT2D eigenvalue weighted by atomic mass is 9.98. The molecule has 1 saturated heterocycles. The monoisotopic (exact) mass is 497 g/mol. The van der Waals surface area contributed by atoms with Gasteiger partial charge < -0.3 is 38.9 Å². The van der Waals surface area contributed by atoms with Gasteiger partial charge in [0.2, 0.25) is 12.4 Å². The molecular formula is C22H27NO12. The summed E-state index contributed by atoms with van der Waals surface area (Å²) in [5.41, 5.74) is 5.93. The van der Waals surface area contributed by atoms with Gasteiger partial charge in [0.1, 0.15) is 24.0 Å². The highest BCUT2D eigenvalue weighted by molar-refractivity contribution is 5.93. The van der Waals surface area contributed by atoms with Gasteiger partial charge in [-0.15, -0.1) is 0 Å². The van der Waals surface area contributed by atoms with Crippen molar-refractivity contribution in [2.24, 2.45) is 0 Å². The minimum Gasteiger partial charge on any atom is -0.465 e. The van der Waals surface area contributed by atoms with Crippen LogP contribution in [0.2, 0.25) is 0 Å². The normalized spacial score (nSPS) is 23.4. The Morgan fingerprint density at radius 3 is 1.97 bits per heavy atom. The average molecular weight is 497 g/mol. The molecule has 1 aliphatic heterocycles. The minimum atomic E-state index is -1.51. The number of nitrogens with two attached hydrogens (primary N) is 1. The summed E-state index contributed by atoms with van der Waals surface area (Å²) < 4.78 is 37.4. The van der Waals surface area contributed by atoms with Crippen molar-refractivity contribution in [1.29, 1.82) is 0 Å². The fourth-order valence-electron chi connectivity index (χ4n) is 3.33. The van der Waals surface area contributed by atoms with Gasteiger partial charge in [-0.1, -0.05) is 0 Å². The number of hydrogen-bond acceptors (Lipinski definition) is 13. The summed E-state index contributed by atoms with van der Waals surface area (Å²) in [5.74, 6) is -3.86. The number of carbonyl (C=O) groups excluding carboxylic acids is 5. The lowest BCUT2D eigenvalue weighted by molar-refractivity contribution is -0.288. The van der Waals surface area contributed by atoms with Crippen LogP contribution in [0.5, 0.6) is 5.75 Å². The highest BCUT2D eigenvalue weighted by atomic mass is 16.7. The van der Waals surface area contributed by atoms with Gasteiger partial charge in [-0.25, -0.2) is 4.79 Å². The standard InChI is InChI=1S/C22H27NO12/c1-10(24)30-9-17-18(31-11(2)25)19(32-12(3)26)20(33-13(4)27)22(35-17)34-16-7-6-14(23)8-15(16)21(28)29-5/h6-8,17-20,22H,9,23H2,1-5H3/t17-,18-,19+,20-,22-/m1/s1. The largest absolute Gasteiger partial charge is 0.465 e. The van der Waals surface area contributed by atoms with Gasteiger partial charge >= 0.3 is 29.8 Å². The summed E-state index contributed by atoms with van der Waals surface area (Å²) >= 11 is 0. The predicted molar refractivity (Wildman–Crippen MR) is 115 cm³/mol. The first-order valence-corrected chi connectivity index (χ1v) is 10.4. The zero-order valence-corrected chi connectivity index (χ0v) is 19.8. The van der Waals surface area contributed by atoms with Crippen LogP contribution in [0.4, 0.5) is 5.69 Å². The lowest BCUT2D eigenvalue weighted by Crippen LogP contribution is -2.63. The Hall–Kier alpha value is -3.87. The topological polar surface area (TPSA) is 176 Å². The Morgan fingerprint density at radius 2 is 1.43 bits per heavy atom. The first-order chi connectivity index (χ1) is 16.4. The molecule has 0 aliphatic carbocycles. The number of benzene rings is 1. The zero-order valence-electron chi connectivity index (χ0n) is 19.8. The maximum absolute atomic E-state index is 12.2. The summed E-state index contributed by atoms with van der Waals surface area (Å²) in [6.07, 6.45) is -6.94. The van der Waals surface area contributed by atoms with E-state index in [0.29, 0.717) is 0 Å². The SMILES string of the molecule is COC(=O)c1cc(N)ccc1O[C@@H]1O[C@H](COC(C)=O)[C@@H](OC(C)=O)[C@H](OC(C)=O)[C@H]1OC(C)=O. The van der Waals surface area contributed by atoms with Gasteiger partial charge in [0.05, 0.1) is 7.11 Å². The third-order valence-electron chi connectivity index (χ3n) is 4.60. The maximum atomic E-state index is 12.2. The molecule has 2 N–H and O–H groups in total. The van der Waals surface area contributed by atoms with Crippen molar-refractivity contribution in [2.75, 3.05) is 19.5 Å². The zero-order chi connectivity index (χ0) is 26.3.